The van der Waals surface area contributed by atoms with Crippen LogP contribution in [0.25, 0.3) is 0 Å². The zero-order valence-electron chi connectivity index (χ0n) is 6.03. The SMILES string of the molecule is O=C1[C@@H](O)[C@H](O)[C@@H](O)[C@H](O)[C@@H]1O. The summed E-state index contributed by atoms with van der Waals surface area (Å²) in [6, 6.07) is 0. The Bertz CT molecular complexity index is 174. The third-order valence-corrected chi connectivity index (χ3v) is 1.93. The third kappa shape index (κ3) is 1.23. The molecule has 5 atom stereocenters. The van der Waals surface area contributed by atoms with E-state index in [0.29, 0.717) is 0 Å². The molecule has 0 heterocycles. The number of carbonyl (C=O) groups is 1. The summed E-state index contributed by atoms with van der Waals surface area (Å²) in [5.41, 5.74) is 0. The first-order valence-electron chi connectivity index (χ1n) is 3.41. The first-order chi connectivity index (χ1) is 5.46. The highest BCUT2D eigenvalue weighted by Gasteiger charge is 2.47. The summed E-state index contributed by atoms with van der Waals surface area (Å²) < 4.78 is 0. The van der Waals surface area contributed by atoms with E-state index < -0.39 is 36.3 Å². The van der Waals surface area contributed by atoms with Gasteiger partial charge in [0.1, 0.15) is 30.5 Å². The van der Waals surface area contributed by atoms with Crippen molar-refractivity contribution < 1.29 is 30.3 Å². The number of hydrogen-bond acceptors (Lipinski definition) is 6. The van der Waals surface area contributed by atoms with Gasteiger partial charge in [-0.05, 0) is 0 Å². The van der Waals surface area contributed by atoms with Crippen LogP contribution in [0.1, 0.15) is 0 Å². The molecule has 0 unspecified atom stereocenters. The smallest absolute Gasteiger partial charge is 0.195 e. The van der Waals surface area contributed by atoms with Gasteiger partial charge in [0.15, 0.2) is 5.78 Å². The Morgan fingerprint density at radius 1 is 0.750 bits per heavy atom. The van der Waals surface area contributed by atoms with Crippen LogP contribution in [0.15, 0.2) is 0 Å². The average molecular weight is 178 g/mol. The highest BCUT2D eigenvalue weighted by atomic mass is 16.4. The normalized spacial score (nSPS) is 49.4. The predicted molar refractivity (Wildman–Crippen MR) is 35.0 cm³/mol. The summed E-state index contributed by atoms with van der Waals surface area (Å²) in [5, 5.41) is 44.5. The molecule has 1 aliphatic carbocycles. The Balaban J connectivity index is 2.83. The third-order valence-electron chi connectivity index (χ3n) is 1.93. The molecule has 0 bridgehead atoms. The molecule has 0 aliphatic heterocycles. The van der Waals surface area contributed by atoms with E-state index in [1.165, 1.54) is 0 Å². The Morgan fingerprint density at radius 2 is 1.08 bits per heavy atom. The largest absolute Gasteiger partial charge is 0.387 e. The molecule has 0 aromatic carbocycles. The highest BCUT2D eigenvalue weighted by Crippen LogP contribution is 2.17. The van der Waals surface area contributed by atoms with Gasteiger partial charge in [0.05, 0.1) is 0 Å². The second-order valence-electron chi connectivity index (χ2n) is 2.76. The maximum absolute atomic E-state index is 10.8. The van der Waals surface area contributed by atoms with Gasteiger partial charge in [0.25, 0.3) is 0 Å². The van der Waals surface area contributed by atoms with Gasteiger partial charge in [-0.1, -0.05) is 0 Å². The highest BCUT2D eigenvalue weighted by molar-refractivity contribution is 5.89. The van der Waals surface area contributed by atoms with Crippen LogP contribution in [0.4, 0.5) is 0 Å². The number of carbonyl (C=O) groups excluding carboxylic acids is 1. The van der Waals surface area contributed by atoms with Crippen molar-refractivity contribution >= 4 is 5.78 Å². The molecule has 1 saturated carbocycles. The quantitative estimate of drug-likeness (QED) is 0.261. The minimum Gasteiger partial charge on any atom is -0.387 e. The monoisotopic (exact) mass is 178 g/mol. The van der Waals surface area contributed by atoms with Crippen LogP contribution in [0, 0.1) is 0 Å². The van der Waals surface area contributed by atoms with Gasteiger partial charge in [-0.2, -0.15) is 0 Å². The molecular weight excluding hydrogens is 168 g/mol. The zero-order chi connectivity index (χ0) is 9.46. The first kappa shape index (κ1) is 9.56. The van der Waals surface area contributed by atoms with E-state index in [9.17, 15) is 4.79 Å². The number of rotatable bonds is 0. The Morgan fingerprint density at radius 3 is 1.42 bits per heavy atom. The Hall–Kier alpha value is -0.530. The number of aliphatic hydroxyl groups is 5. The molecule has 0 saturated heterocycles. The molecule has 1 aliphatic rings. The van der Waals surface area contributed by atoms with E-state index >= 15 is 0 Å². The molecule has 70 valence electrons. The number of hydrogen-bond donors (Lipinski definition) is 5. The maximum atomic E-state index is 10.8. The van der Waals surface area contributed by atoms with Gasteiger partial charge in [-0.15, -0.1) is 0 Å². The fourth-order valence-electron chi connectivity index (χ4n) is 1.09. The topological polar surface area (TPSA) is 118 Å². The van der Waals surface area contributed by atoms with Crippen LogP contribution in [-0.2, 0) is 4.79 Å². The lowest BCUT2D eigenvalue weighted by Gasteiger charge is -2.34. The molecule has 0 aromatic rings. The van der Waals surface area contributed by atoms with Crippen molar-refractivity contribution in [3.8, 4) is 0 Å². The van der Waals surface area contributed by atoms with Crippen molar-refractivity contribution in [3.63, 3.8) is 0 Å². The van der Waals surface area contributed by atoms with E-state index in [-0.39, 0.29) is 0 Å². The summed E-state index contributed by atoms with van der Waals surface area (Å²) >= 11 is 0. The van der Waals surface area contributed by atoms with Gasteiger partial charge in [0, 0.05) is 0 Å². The summed E-state index contributed by atoms with van der Waals surface area (Å²) in [4.78, 5) is 10.8. The van der Waals surface area contributed by atoms with Crippen LogP contribution in [0.5, 0.6) is 0 Å². The molecule has 1 rings (SSSR count). The van der Waals surface area contributed by atoms with Crippen molar-refractivity contribution in [2.75, 3.05) is 0 Å². The Labute approximate surface area is 67.7 Å². The van der Waals surface area contributed by atoms with Crippen molar-refractivity contribution in [1.29, 1.82) is 0 Å². The molecule has 0 aromatic heterocycles. The van der Waals surface area contributed by atoms with Gasteiger partial charge in [0.2, 0.25) is 0 Å². The predicted octanol–water partition coefficient (Wildman–Crippen LogP) is -3.63. The zero-order valence-corrected chi connectivity index (χ0v) is 6.03. The molecule has 0 amide bonds. The van der Waals surface area contributed by atoms with Gasteiger partial charge >= 0.3 is 0 Å². The second-order valence-corrected chi connectivity index (χ2v) is 2.76. The molecule has 5 N–H and O–H groups in total. The molecule has 0 radical (unpaired) electrons. The van der Waals surface area contributed by atoms with Gasteiger partial charge < -0.3 is 25.5 Å². The van der Waals surface area contributed by atoms with Gasteiger partial charge in [-0.25, -0.2) is 0 Å². The minimum absolute atomic E-state index is 1.08. The Kier molecular flexibility index (Phi) is 2.45. The van der Waals surface area contributed by atoms with E-state index in [4.69, 9.17) is 25.5 Å². The van der Waals surface area contributed by atoms with Gasteiger partial charge in [-0.3, -0.25) is 4.79 Å². The average Bonchev–Trinajstić information content (AvgIpc) is 2.08. The van der Waals surface area contributed by atoms with E-state index in [1.807, 2.05) is 0 Å². The number of aliphatic hydroxyl groups excluding tert-OH is 5. The standard InChI is InChI=1S/C6H10O6/c7-1-2(8)4(10)6(12)5(11)3(1)9/h1-5,7-11H/t1-,2-,3+,4-,5-/m0/s1. The fourth-order valence-corrected chi connectivity index (χ4v) is 1.09. The number of Topliss-reactive ketones (excluding diaryl/α,β-unsaturated/α-hetero) is 1. The number of ketones is 1. The van der Waals surface area contributed by atoms with Crippen LogP contribution in [-0.4, -0.2) is 61.8 Å². The fraction of sp³-hybridized carbons (Fsp3) is 0.833. The lowest BCUT2D eigenvalue weighted by Crippen LogP contribution is -2.61. The molecule has 0 spiro atoms. The molecular formula is C6H10O6. The summed E-state index contributed by atoms with van der Waals surface area (Å²) in [5.74, 6) is -1.08. The maximum Gasteiger partial charge on any atom is 0.195 e. The molecule has 1 fully saturated rings. The lowest BCUT2D eigenvalue weighted by atomic mass is 9.86. The summed E-state index contributed by atoms with van der Waals surface area (Å²) in [7, 11) is 0. The van der Waals surface area contributed by atoms with E-state index in [0.717, 1.165) is 0 Å². The molecule has 12 heavy (non-hydrogen) atoms. The molecule has 6 heteroatoms. The van der Waals surface area contributed by atoms with Crippen LogP contribution >= 0.6 is 0 Å². The van der Waals surface area contributed by atoms with Crippen molar-refractivity contribution in [3.05, 3.63) is 0 Å². The van der Waals surface area contributed by atoms with Crippen LogP contribution in [0.3, 0.4) is 0 Å². The van der Waals surface area contributed by atoms with Crippen LogP contribution in [0.2, 0.25) is 0 Å². The van der Waals surface area contributed by atoms with Crippen molar-refractivity contribution in [1.82, 2.24) is 0 Å². The van der Waals surface area contributed by atoms with E-state index in [1.54, 1.807) is 0 Å². The van der Waals surface area contributed by atoms with E-state index in [2.05, 4.69) is 0 Å². The lowest BCUT2D eigenvalue weighted by molar-refractivity contribution is -0.185. The minimum atomic E-state index is -1.83. The van der Waals surface area contributed by atoms with Crippen molar-refractivity contribution in [2.45, 2.75) is 30.5 Å². The van der Waals surface area contributed by atoms with Crippen molar-refractivity contribution in [2.24, 2.45) is 0 Å². The second kappa shape index (κ2) is 3.08. The summed E-state index contributed by atoms with van der Waals surface area (Å²) in [6.45, 7) is 0. The van der Waals surface area contributed by atoms with Crippen LogP contribution < -0.4 is 0 Å². The first-order valence-corrected chi connectivity index (χ1v) is 3.41. The summed E-state index contributed by atoms with van der Waals surface area (Å²) in [6.07, 6.45) is -8.85. The molecule has 6 nitrogen and oxygen atoms in total.